The summed E-state index contributed by atoms with van der Waals surface area (Å²) in [5.41, 5.74) is 2.82. The molecule has 0 amide bonds. The molecule has 0 spiro atoms. The van der Waals surface area contributed by atoms with E-state index in [9.17, 15) is 10.5 Å². The summed E-state index contributed by atoms with van der Waals surface area (Å²) in [7, 11) is 0. The Balaban J connectivity index is 2.07. The van der Waals surface area contributed by atoms with Crippen LogP contribution in [0.15, 0.2) is 42.7 Å². The Labute approximate surface area is 132 Å². The van der Waals surface area contributed by atoms with Crippen LogP contribution >= 0.6 is 0 Å². The molecule has 2 aromatic rings. The Bertz CT molecular complexity index is 1110. The van der Waals surface area contributed by atoms with Gasteiger partial charge in [-0.3, -0.25) is 4.90 Å². The van der Waals surface area contributed by atoms with Crippen molar-refractivity contribution in [3.63, 3.8) is 0 Å². The van der Waals surface area contributed by atoms with Gasteiger partial charge in [0.1, 0.15) is 0 Å². The van der Waals surface area contributed by atoms with Crippen LogP contribution in [0.3, 0.4) is 0 Å². The molecule has 0 N–H and O–H groups in total. The van der Waals surface area contributed by atoms with Gasteiger partial charge in [-0.1, -0.05) is 18.2 Å². The molecule has 0 bridgehead atoms. The molecular formula is C19H11N4+. The standard InChI is InChI=1S/C19H11N4/c20-10-19(11-21)9-14-6-5-13-3-1-7-22-12-23-8-2-4-15(19)18(23)16(14)17(13)22/h1-9H,12H2/q+1. The first kappa shape index (κ1) is 12.2. The van der Waals surface area contributed by atoms with Crippen molar-refractivity contribution in [1.29, 1.82) is 10.5 Å². The first-order chi connectivity index (χ1) is 11.3. The van der Waals surface area contributed by atoms with Gasteiger partial charge in [0.15, 0.2) is 11.6 Å². The van der Waals surface area contributed by atoms with Crippen molar-refractivity contribution in [3.8, 4) is 23.4 Å². The summed E-state index contributed by atoms with van der Waals surface area (Å²) in [6.45, 7) is 0.684. The molecule has 106 valence electrons. The number of nitrogens with zero attached hydrogens (tertiary/aromatic N) is 4. The third kappa shape index (κ3) is 1.31. The van der Waals surface area contributed by atoms with Crippen LogP contribution in [0.25, 0.3) is 23.4 Å². The van der Waals surface area contributed by atoms with Gasteiger partial charge < -0.3 is 0 Å². The van der Waals surface area contributed by atoms with Gasteiger partial charge >= 0.3 is 0 Å². The molecule has 3 heterocycles. The number of rotatable bonds is 0. The second-order valence-corrected chi connectivity index (χ2v) is 6.00. The van der Waals surface area contributed by atoms with E-state index < -0.39 is 5.41 Å². The first-order valence-electron chi connectivity index (χ1n) is 7.44. The number of aromatic nitrogens is 1. The zero-order valence-corrected chi connectivity index (χ0v) is 12.2. The number of hydrogen-bond acceptors (Lipinski definition) is 3. The Hall–Kier alpha value is -3.37. The zero-order chi connectivity index (χ0) is 15.6. The largest absolute Gasteiger partial charge is 0.291 e. The normalized spacial score (nSPS) is 17.2. The number of nitriles is 2. The van der Waals surface area contributed by atoms with Gasteiger partial charge in [0.05, 0.1) is 29.0 Å². The van der Waals surface area contributed by atoms with E-state index in [-0.39, 0.29) is 0 Å². The van der Waals surface area contributed by atoms with Crippen molar-refractivity contribution >= 4 is 17.8 Å². The van der Waals surface area contributed by atoms with Crippen LogP contribution in [0.5, 0.6) is 0 Å². The molecule has 0 atom stereocenters. The van der Waals surface area contributed by atoms with Crippen LogP contribution in [-0.4, -0.2) is 0 Å². The lowest BCUT2D eigenvalue weighted by Gasteiger charge is -2.32. The van der Waals surface area contributed by atoms with Gasteiger partial charge in [-0.25, -0.2) is 0 Å². The quantitative estimate of drug-likeness (QED) is 0.676. The van der Waals surface area contributed by atoms with Crippen LogP contribution in [0.4, 0.5) is 5.69 Å². The predicted molar refractivity (Wildman–Crippen MR) is 84.8 cm³/mol. The number of benzene rings is 1. The van der Waals surface area contributed by atoms with Crippen LogP contribution < -0.4 is 19.9 Å². The van der Waals surface area contributed by atoms with Crippen molar-refractivity contribution in [2.45, 2.75) is 12.1 Å². The summed E-state index contributed by atoms with van der Waals surface area (Å²) in [5, 5.41) is 21.6. The molecule has 4 heteroatoms. The Morgan fingerprint density at radius 3 is 2.78 bits per heavy atom. The average Bonchev–Trinajstić information content (AvgIpc) is 2.61. The summed E-state index contributed by atoms with van der Waals surface area (Å²) in [6.07, 6.45) is 10.0. The second-order valence-electron chi connectivity index (χ2n) is 6.00. The summed E-state index contributed by atoms with van der Waals surface area (Å²) in [5.74, 6) is 0. The number of anilines is 1. The van der Waals surface area contributed by atoms with Crippen molar-refractivity contribution in [2.24, 2.45) is 0 Å². The van der Waals surface area contributed by atoms with Gasteiger partial charge in [0.25, 0.3) is 0 Å². The fraction of sp³-hybridized carbons (Fsp3) is 0.105. The highest BCUT2D eigenvalue weighted by Crippen LogP contribution is 2.39. The molecular weight excluding hydrogens is 284 g/mol. The molecule has 1 aromatic carbocycles. The molecule has 1 aliphatic carbocycles. The van der Waals surface area contributed by atoms with Crippen molar-refractivity contribution in [2.75, 3.05) is 4.90 Å². The van der Waals surface area contributed by atoms with E-state index in [1.165, 1.54) is 5.22 Å². The Morgan fingerprint density at radius 2 is 1.96 bits per heavy atom. The minimum atomic E-state index is -1.23. The summed E-state index contributed by atoms with van der Waals surface area (Å²) in [4.78, 5) is 2.21. The lowest BCUT2D eigenvalue weighted by atomic mass is 9.75. The van der Waals surface area contributed by atoms with Gasteiger partial charge in [-0.2, -0.15) is 15.1 Å². The average molecular weight is 295 g/mol. The molecule has 5 rings (SSSR count). The highest BCUT2D eigenvalue weighted by Gasteiger charge is 2.44. The molecule has 0 unspecified atom stereocenters. The topological polar surface area (TPSA) is 54.7 Å². The fourth-order valence-electron chi connectivity index (χ4n) is 3.83. The number of hydrogen-bond donors (Lipinski definition) is 0. The van der Waals surface area contributed by atoms with E-state index >= 15 is 0 Å². The number of pyridine rings is 1. The molecule has 0 saturated carbocycles. The molecule has 0 saturated heterocycles. The fourth-order valence-corrected chi connectivity index (χ4v) is 3.83. The Kier molecular flexibility index (Phi) is 2.06. The van der Waals surface area contributed by atoms with E-state index in [1.54, 1.807) is 6.08 Å². The highest BCUT2D eigenvalue weighted by molar-refractivity contribution is 5.87. The molecule has 1 aromatic heterocycles. The third-order valence-corrected chi connectivity index (χ3v) is 4.83. The predicted octanol–water partition coefficient (Wildman–Crippen LogP) is 0.805. The Morgan fingerprint density at radius 1 is 1.13 bits per heavy atom. The lowest BCUT2D eigenvalue weighted by molar-refractivity contribution is -0.686. The smallest absolute Gasteiger partial charge is 0.228 e. The summed E-state index contributed by atoms with van der Waals surface area (Å²) >= 11 is 0. The van der Waals surface area contributed by atoms with E-state index in [0.29, 0.717) is 6.67 Å². The van der Waals surface area contributed by atoms with Crippen molar-refractivity contribution in [3.05, 3.63) is 58.7 Å². The van der Waals surface area contributed by atoms with Crippen LogP contribution in [-0.2, 0) is 12.1 Å². The molecule has 4 nitrogen and oxygen atoms in total. The monoisotopic (exact) mass is 295 g/mol. The van der Waals surface area contributed by atoms with Crippen molar-refractivity contribution < 1.29 is 4.57 Å². The molecule has 2 aliphatic heterocycles. The third-order valence-electron chi connectivity index (χ3n) is 4.83. The van der Waals surface area contributed by atoms with Crippen molar-refractivity contribution in [1.82, 2.24) is 0 Å². The van der Waals surface area contributed by atoms with Crippen LogP contribution in [0, 0.1) is 22.7 Å². The summed E-state index contributed by atoms with van der Waals surface area (Å²) in [6, 6.07) is 12.3. The highest BCUT2D eigenvalue weighted by atomic mass is 15.3. The van der Waals surface area contributed by atoms with E-state index in [1.807, 2.05) is 30.5 Å². The van der Waals surface area contributed by atoms with Gasteiger partial charge in [-0.05, 0) is 28.7 Å². The second kappa shape index (κ2) is 3.88. The minimum Gasteiger partial charge on any atom is -0.291 e. The van der Waals surface area contributed by atoms with Gasteiger partial charge in [0.2, 0.25) is 12.4 Å². The van der Waals surface area contributed by atoms with E-state index in [4.69, 9.17) is 0 Å². The molecule has 3 aliphatic rings. The maximum Gasteiger partial charge on any atom is 0.228 e. The maximum atomic E-state index is 9.72. The van der Waals surface area contributed by atoms with E-state index in [0.717, 1.165) is 27.7 Å². The molecule has 0 radical (unpaired) electrons. The SMILES string of the molecule is N#CC1(C#N)C=c2ccc3c4c2-c2c1ccc[n+]2CN4C=CC=3. The molecule has 0 fully saturated rings. The van der Waals surface area contributed by atoms with Crippen LogP contribution in [0.2, 0.25) is 0 Å². The lowest BCUT2D eigenvalue weighted by Crippen LogP contribution is -2.52. The zero-order valence-electron chi connectivity index (χ0n) is 12.2. The molecule has 23 heavy (non-hydrogen) atoms. The first-order valence-corrected chi connectivity index (χ1v) is 7.44. The van der Waals surface area contributed by atoms with E-state index in [2.05, 4.69) is 39.9 Å². The number of allylic oxidation sites excluding steroid dienone is 1. The maximum absolute atomic E-state index is 9.72. The van der Waals surface area contributed by atoms with Crippen LogP contribution in [0.1, 0.15) is 5.56 Å². The van der Waals surface area contributed by atoms with Gasteiger partial charge in [-0.15, -0.1) is 0 Å². The van der Waals surface area contributed by atoms with Gasteiger partial charge in [0, 0.05) is 12.3 Å². The minimum absolute atomic E-state index is 0.684. The summed E-state index contributed by atoms with van der Waals surface area (Å²) < 4.78 is 2.12.